The van der Waals surface area contributed by atoms with Crippen molar-refractivity contribution in [2.24, 2.45) is 0 Å². The van der Waals surface area contributed by atoms with Crippen molar-refractivity contribution in [2.75, 3.05) is 4.90 Å². The van der Waals surface area contributed by atoms with Crippen molar-refractivity contribution in [3.63, 3.8) is 0 Å². The minimum Gasteiger partial charge on any atom is -0.457 e. The Hall–Kier alpha value is -8.67. The van der Waals surface area contributed by atoms with Gasteiger partial charge < -0.3 is 14.2 Å². The number of ether oxygens (including phenoxy) is 1. The smallest absolute Gasteiger partial charge is 0.137 e. The average molecular weight is 1110 g/mol. The highest BCUT2D eigenvalue weighted by Crippen LogP contribution is 2.47. The van der Waals surface area contributed by atoms with Gasteiger partial charge in [0.15, 0.2) is 0 Å². The van der Waals surface area contributed by atoms with E-state index in [2.05, 4.69) is 312 Å². The number of benzene rings is 9. The van der Waals surface area contributed by atoms with E-state index in [0.717, 1.165) is 45.1 Å². The summed E-state index contributed by atoms with van der Waals surface area (Å²) in [5.41, 5.74) is 17.9. The molecule has 0 aliphatic carbocycles. The Morgan fingerprint density at radius 3 is 1.49 bits per heavy atom. The van der Waals surface area contributed by atoms with Crippen molar-refractivity contribution in [1.82, 2.24) is 14.1 Å². The molecule has 0 spiro atoms. The Bertz CT molecular complexity index is 4710. The maximum absolute atomic E-state index is 7.05. The van der Waals surface area contributed by atoms with E-state index in [-0.39, 0.29) is 27.1 Å². The summed E-state index contributed by atoms with van der Waals surface area (Å²) in [5.74, 6) is 2.41. The summed E-state index contributed by atoms with van der Waals surface area (Å²) < 4.78 is 12.0. The van der Waals surface area contributed by atoms with Gasteiger partial charge in [-0.15, -0.1) is 0 Å². The van der Waals surface area contributed by atoms with Crippen LogP contribution < -0.4 is 9.64 Å². The molecule has 1 aliphatic rings. The highest BCUT2D eigenvalue weighted by molar-refractivity contribution is 6.22. The van der Waals surface area contributed by atoms with Gasteiger partial charge >= 0.3 is 0 Å². The highest BCUT2D eigenvalue weighted by Gasteiger charge is 2.29. The van der Waals surface area contributed by atoms with Gasteiger partial charge in [0.2, 0.25) is 0 Å². The van der Waals surface area contributed by atoms with Crippen LogP contribution in [0.2, 0.25) is 0 Å². The Morgan fingerprint density at radius 2 is 0.871 bits per heavy atom. The van der Waals surface area contributed by atoms with Gasteiger partial charge in [0.25, 0.3) is 0 Å². The lowest BCUT2D eigenvalue weighted by molar-refractivity contribution is 0.483. The zero-order valence-corrected chi connectivity index (χ0v) is 52.5. The van der Waals surface area contributed by atoms with E-state index < -0.39 is 0 Å². The van der Waals surface area contributed by atoms with Gasteiger partial charge in [0, 0.05) is 51.1 Å². The molecule has 3 aromatic heterocycles. The second kappa shape index (κ2) is 20.0. The molecule has 9 aromatic carbocycles. The molecule has 13 rings (SSSR count). The van der Waals surface area contributed by atoms with Crippen LogP contribution in [0.3, 0.4) is 0 Å². The minimum absolute atomic E-state index is 0.00866. The van der Waals surface area contributed by atoms with E-state index in [0.29, 0.717) is 6.67 Å². The Morgan fingerprint density at radius 1 is 0.353 bits per heavy atom. The zero-order chi connectivity index (χ0) is 59.7. The number of anilines is 2. The second-order valence-corrected chi connectivity index (χ2v) is 29.1. The fourth-order valence-corrected chi connectivity index (χ4v) is 12.8. The number of aromatic nitrogens is 3. The molecule has 85 heavy (non-hydrogen) atoms. The zero-order valence-electron chi connectivity index (χ0n) is 52.5. The molecule has 12 aromatic rings. The van der Waals surface area contributed by atoms with Crippen LogP contribution in [0.1, 0.15) is 132 Å². The summed E-state index contributed by atoms with van der Waals surface area (Å²) in [6, 6.07) is 73.0. The molecule has 0 amide bonds. The number of nitrogens with zero attached hydrogens (tertiary/aromatic N) is 4. The van der Waals surface area contributed by atoms with Crippen LogP contribution in [-0.4, -0.2) is 14.1 Å². The summed E-state index contributed by atoms with van der Waals surface area (Å²) in [5, 5.41) is 9.60. The third kappa shape index (κ3) is 9.99. The van der Waals surface area contributed by atoms with Gasteiger partial charge in [0.1, 0.15) is 24.0 Å². The standard InChI is InChI=1S/C80H80N4O/c1-76(2,3)53-33-36-70-69(45-53)66-35-34-60(48-72(66)84(70)73-46-54(37-38-81-73)77(4,5)6)85-59-24-20-23-58(47-59)82-49-83-74-61(52-39-50(40-55(43-52)78(7,8)9)51-41-56(79(10,11)12)44-57(42-51)80(13,14)15)29-21-30-67(74)64-27-18-16-25-62(64)63-26-17-19-28-65(63)68-31-22-32-71(82)75(68)83/h16-48H,49H2,1-15H3. The van der Waals surface area contributed by atoms with E-state index in [4.69, 9.17) is 9.72 Å². The fraction of sp³-hybridized carbons (Fsp3) is 0.263. The van der Waals surface area contributed by atoms with Crippen LogP contribution in [0.5, 0.6) is 11.5 Å². The molecule has 5 heteroatoms. The van der Waals surface area contributed by atoms with E-state index in [1.54, 1.807) is 0 Å². The predicted octanol–water partition coefficient (Wildman–Crippen LogP) is 22.4. The van der Waals surface area contributed by atoms with Crippen molar-refractivity contribution in [1.29, 1.82) is 0 Å². The average Bonchev–Trinajstić information content (AvgIpc) is 1.69. The summed E-state index contributed by atoms with van der Waals surface area (Å²) >= 11 is 0. The van der Waals surface area contributed by atoms with Crippen LogP contribution in [0.15, 0.2) is 200 Å². The Labute approximate surface area is 502 Å². The number of hydrogen-bond acceptors (Lipinski definition) is 3. The molecule has 0 bridgehead atoms. The monoisotopic (exact) mass is 1110 g/mol. The first-order valence-electron chi connectivity index (χ1n) is 30.4. The minimum atomic E-state index is -0.124. The van der Waals surface area contributed by atoms with Gasteiger partial charge in [-0.1, -0.05) is 225 Å². The van der Waals surface area contributed by atoms with E-state index in [1.807, 2.05) is 6.20 Å². The second-order valence-electron chi connectivity index (χ2n) is 29.1. The number of rotatable bonds is 6. The summed E-state index contributed by atoms with van der Waals surface area (Å²) in [6.07, 6.45) is 1.95. The number of pyridine rings is 1. The Kier molecular flexibility index (Phi) is 13.0. The maximum atomic E-state index is 7.05. The van der Waals surface area contributed by atoms with Gasteiger partial charge in [-0.25, -0.2) is 4.98 Å². The van der Waals surface area contributed by atoms with Crippen molar-refractivity contribution in [3.05, 3.63) is 228 Å². The molecule has 0 saturated heterocycles. The molecule has 426 valence electrons. The lowest BCUT2D eigenvalue weighted by Gasteiger charge is -2.27. The van der Waals surface area contributed by atoms with Crippen molar-refractivity contribution in [3.8, 4) is 39.6 Å². The lowest BCUT2D eigenvalue weighted by Crippen LogP contribution is -2.16. The molecule has 4 heterocycles. The molecule has 1 aliphatic heterocycles. The fourth-order valence-electron chi connectivity index (χ4n) is 12.8. The van der Waals surface area contributed by atoms with Crippen molar-refractivity contribution < 1.29 is 4.74 Å². The Balaban J connectivity index is 1.01. The van der Waals surface area contributed by atoms with Crippen LogP contribution in [0.25, 0.3) is 93.2 Å². The van der Waals surface area contributed by atoms with Crippen LogP contribution in [0, 0.1) is 0 Å². The largest absolute Gasteiger partial charge is 0.457 e. The van der Waals surface area contributed by atoms with Crippen molar-refractivity contribution in [2.45, 2.75) is 138 Å². The summed E-state index contributed by atoms with van der Waals surface area (Å²) in [7, 11) is 0. The molecule has 0 atom stereocenters. The van der Waals surface area contributed by atoms with Crippen molar-refractivity contribution >= 4 is 76.5 Å². The quantitative estimate of drug-likeness (QED) is 0.166. The normalized spacial score (nSPS) is 13.3. The van der Waals surface area contributed by atoms with Crippen LogP contribution >= 0.6 is 0 Å². The van der Waals surface area contributed by atoms with E-state index >= 15 is 0 Å². The third-order valence-corrected chi connectivity index (χ3v) is 17.8. The molecular weight excluding hydrogens is 1030 g/mol. The van der Waals surface area contributed by atoms with Gasteiger partial charge in [-0.05, 0) is 154 Å². The first-order valence-corrected chi connectivity index (χ1v) is 30.4. The van der Waals surface area contributed by atoms with E-state index in [1.165, 1.54) is 98.8 Å². The number of hydrogen-bond donors (Lipinski definition) is 0. The molecule has 5 nitrogen and oxygen atoms in total. The predicted molar refractivity (Wildman–Crippen MR) is 364 cm³/mol. The summed E-state index contributed by atoms with van der Waals surface area (Å²) in [4.78, 5) is 7.50. The molecule has 0 unspecified atom stereocenters. The van der Waals surface area contributed by atoms with Gasteiger partial charge in [-0.2, -0.15) is 0 Å². The molecular formula is C80H80N4O. The summed E-state index contributed by atoms with van der Waals surface area (Å²) in [6.45, 7) is 35.2. The first-order chi connectivity index (χ1) is 40.3. The first kappa shape index (κ1) is 55.5. The van der Waals surface area contributed by atoms with Gasteiger partial charge in [0.05, 0.1) is 27.8 Å². The number of para-hydroxylation sites is 2. The third-order valence-electron chi connectivity index (χ3n) is 17.8. The maximum Gasteiger partial charge on any atom is 0.137 e. The molecule has 0 fully saturated rings. The molecule has 0 N–H and O–H groups in total. The van der Waals surface area contributed by atoms with Gasteiger partial charge in [-0.3, -0.25) is 4.57 Å². The topological polar surface area (TPSA) is 35.2 Å². The van der Waals surface area contributed by atoms with Crippen LogP contribution in [-0.2, 0) is 33.7 Å². The SMILES string of the molecule is CC(C)(C)c1cc(-c2cc(C(C)(C)C)cc(C(C)(C)C)c2)cc(-c2cccc3c4ccccc4c4ccccc4c4cccc5c4n(c23)CN5c2cccc(Oc3ccc4c5cc(C(C)(C)C)ccc5n(-c5cc(C(C)(C)C)ccn5)c4c3)c2)c1. The molecule has 0 radical (unpaired) electrons. The van der Waals surface area contributed by atoms with E-state index in [9.17, 15) is 0 Å². The molecule has 0 saturated carbocycles. The van der Waals surface area contributed by atoms with Crippen LogP contribution in [0.4, 0.5) is 11.4 Å². The highest BCUT2D eigenvalue weighted by atomic mass is 16.5. The lowest BCUT2D eigenvalue weighted by atomic mass is 9.78. The number of fused-ring (bicyclic) bond motifs is 10.